The maximum absolute atomic E-state index is 13.3. The standard InChI is InChI=1S/C16H18FNO2/c1-11(14-9-13(17)7-8-16(14)20)18-15(10-19)12-5-3-2-4-6-12/h2-9,11,15,18-20H,10H2,1H3. The zero-order chi connectivity index (χ0) is 14.5. The van der Waals surface area contributed by atoms with Crippen molar-refractivity contribution in [2.24, 2.45) is 0 Å². The van der Waals surface area contributed by atoms with Gasteiger partial charge >= 0.3 is 0 Å². The fourth-order valence-electron chi connectivity index (χ4n) is 2.20. The lowest BCUT2D eigenvalue weighted by atomic mass is 10.0. The Morgan fingerprint density at radius 3 is 2.50 bits per heavy atom. The third-order valence-electron chi connectivity index (χ3n) is 3.29. The zero-order valence-corrected chi connectivity index (χ0v) is 11.3. The lowest BCUT2D eigenvalue weighted by molar-refractivity contribution is 0.234. The first-order valence-electron chi connectivity index (χ1n) is 6.52. The second-order valence-corrected chi connectivity index (χ2v) is 4.74. The molecule has 2 unspecified atom stereocenters. The van der Waals surface area contributed by atoms with Gasteiger partial charge in [-0.15, -0.1) is 0 Å². The van der Waals surface area contributed by atoms with Crippen molar-refractivity contribution in [2.75, 3.05) is 6.61 Å². The molecular weight excluding hydrogens is 257 g/mol. The Morgan fingerprint density at radius 2 is 1.85 bits per heavy atom. The van der Waals surface area contributed by atoms with Gasteiger partial charge in [0.15, 0.2) is 0 Å². The summed E-state index contributed by atoms with van der Waals surface area (Å²) in [6.07, 6.45) is 0. The lowest BCUT2D eigenvalue weighted by Gasteiger charge is -2.23. The van der Waals surface area contributed by atoms with Gasteiger partial charge in [0.05, 0.1) is 12.6 Å². The third kappa shape index (κ3) is 3.35. The number of phenolic OH excluding ortho intramolecular Hbond substituents is 1. The molecule has 0 aromatic heterocycles. The Bertz CT molecular complexity index is 560. The van der Waals surface area contributed by atoms with E-state index in [1.54, 1.807) is 0 Å². The SMILES string of the molecule is CC(NC(CO)c1ccccc1)c1cc(F)ccc1O. The molecule has 0 saturated carbocycles. The van der Waals surface area contributed by atoms with Gasteiger partial charge in [-0.1, -0.05) is 30.3 Å². The fourth-order valence-corrected chi connectivity index (χ4v) is 2.20. The van der Waals surface area contributed by atoms with E-state index in [2.05, 4.69) is 5.32 Å². The molecule has 0 aliphatic rings. The van der Waals surface area contributed by atoms with E-state index in [4.69, 9.17) is 0 Å². The first-order chi connectivity index (χ1) is 9.61. The van der Waals surface area contributed by atoms with Crippen LogP contribution in [0.5, 0.6) is 5.75 Å². The van der Waals surface area contributed by atoms with Crippen LogP contribution in [0.4, 0.5) is 4.39 Å². The summed E-state index contributed by atoms with van der Waals surface area (Å²) >= 11 is 0. The number of halogens is 1. The van der Waals surface area contributed by atoms with E-state index >= 15 is 0 Å². The van der Waals surface area contributed by atoms with E-state index in [1.165, 1.54) is 18.2 Å². The Morgan fingerprint density at radius 1 is 1.15 bits per heavy atom. The maximum Gasteiger partial charge on any atom is 0.123 e. The zero-order valence-electron chi connectivity index (χ0n) is 11.3. The van der Waals surface area contributed by atoms with Crippen LogP contribution in [0.15, 0.2) is 48.5 Å². The predicted molar refractivity (Wildman–Crippen MR) is 75.9 cm³/mol. The molecule has 2 aromatic rings. The van der Waals surface area contributed by atoms with Crippen molar-refractivity contribution in [3.05, 3.63) is 65.5 Å². The molecule has 0 saturated heterocycles. The number of hydrogen-bond acceptors (Lipinski definition) is 3. The van der Waals surface area contributed by atoms with Crippen molar-refractivity contribution in [2.45, 2.75) is 19.0 Å². The summed E-state index contributed by atoms with van der Waals surface area (Å²) in [5, 5.41) is 22.5. The molecular formula is C16H18FNO2. The van der Waals surface area contributed by atoms with Crippen LogP contribution >= 0.6 is 0 Å². The number of phenols is 1. The van der Waals surface area contributed by atoms with Crippen LogP contribution in [0.25, 0.3) is 0 Å². The van der Waals surface area contributed by atoms with Crippen molar-refractivity contribution in [3.8, 4) is 5.75 Å². The summed E-state index contributed by atoms with van der Waals surface area (Å²) in [6, 6.07) is 12.8. The Balaban J connectivity index is 2.17. The van der Waals surface area contributed by atoms with Gasteiger partial charge in [0.1, 0.15) is 11.6 Å². The van der Waals surface area contributed by atoms with E-state index in [0.29, 0.717) is 5.56 Å². The molecule has 2 atom stereocenters. The molecule has 2 rings (SSSR count). The van der Waals surface area contributed by atoms with E-state index in [1.807, 2.05) is 37.3 Å². The first kappa shape index (κ1) is 14.5. The van der Waals surface area contributed by atoms with Gasteiger partial charge in [-0.3, -0.25) is 0 Å². The van der Waals surface area contributed by atoms with Gasteiger partial charge in [0.2, 0.25) is 0 Å². The molecule has 3 nitrogen and oxygen atoms in total. The second-order valence-electron chi connectivity index (χ2n) is 4.74. The molecule has 106 valence electrons. The molecule has 0 heterocycles. The molecule has 0 bridgehead atoms. The van der Waals surface area contributed by atoms with Gasteiger partial charge in [-0.05, 0) is 30.7 Å². The number of nitrogens with one attached hydrogen (secondary N) is 1. The van der Waals surface area contributed by atoms with Crippen LogP contribution in [0.3, 0.4) is 0 Å². The van der Waals surface area contributed by atoms with Crippen molar-refractivity contribution in [1.29, 1.82) is 0 Å². The fraction of sp³-hybridized carbons (Fsp3) is 0.250. The predicted octanol–water partition coefficient (Wildman–Crippen LogP) is 2.92. The summed E-state index contributed by atoms with van der Waals surface area (Å²) < 4.78 is 13.3. The van der Waals surface area contributed by atoms with Gasteiger partial charge in [0, 0.05) is 11.6 Å². The average molecular weight is 275 g/mol. The number of aliphatic hydroxyl groups excluding tert-OH is 1. The number of aliphatic hydroxyl groups is 1. The topological polar surface area (TPSA) is 52.5 Å². The summed E-state index contributed by atoms with van der Waals surface area (Å²) in [4.78, 5) is 0. The van der Waals surface area contributed by atoms with Crippen LogP contribution in [0, 0.1) is 5.82 Å². The van der Waals surface area contributed by atoms with Crippen molar-refractivity contribution in [1.82, 2.24) is 5.32 Å². The second kappa shape index (κ2) is 6.50. The van der Waals surface area contributed by atoms with Gasteiger partial charge < -0.3 is 15.5 Å². The number of hydrogen-bond donors (Lipinski definition) is 3. The number of aromatic hydroxyl groups is 1. The first-order valence-corrected chi connectivity index (χ1v) is 6.52. The largest absolute Gasteiger partial charge is 0.508 e. The molecule has 0 radical (unpaired) electrons. The average Bonchev–Trinajstić information content (AvgIpc) is 2.48. The minimum absolute atomic E-state index is 0.0381. The molecule has 0 amide bonds. The summed E-state index contributed by atoms with van der Waals surface area (Å²) in [7, 11) is 0. The highest BCUT2D eigenvalue weighted by Crippen LogP contribution is 2.27. The molecule has 0 fully saturated rings. The van der Waals surface area contributed by atoms with Crippen LogP contribution in [-0.2, 0) is 0 Å². The normalized spacial score (nSPS) is 13.9. The van der Waals surface area contributed by atoms with Crippen molar-refractivity contribution in [3.63, 3.8) is 0 Å². The summed E-state index contributed by atoms with van der Waals surface area (Å²) in [5.41, 5.74) is 1.41. The summed E-state index contributed by atoms with van der Waals surface area (Å²) in [5.74, 6) is -0.358. The molecule has 4 heteroatoms. The Labute approximate surface area is 117 Å². The van der Waals surface area contributed by atoms with Crippen molar-refractivity contribution < 1.29 is 14.6 Å². The Kier molecular flexibility index (Phi) is 4.71. The maximum atomic E-state index is 13.3. The minimum Gasteiger partial charge on any atom is -0.508 e. The monoisotopic (exact) mass is 275 g/mol. The van der Waals surface area contributed by atoms with E-state index < -0.39 is 5.82 Å². The molecule has 0 spiro atoms. The van der Waals surface area contributed by atoms with E-state index in [0.717, 1.165) is 5.56 Å². The highest BCUT2D eigenvalue weighted by Gasteiger charge is 2.17. The van der Waals surface area contributed by atoms with Gasteiger partial charge in [0.25, 0.3) is 0 Å². The van der Waals surface area contributed by atoms with Gasteiger partial charge in [-0.2, -0.15) is 0 Å². The van der Waals surface area contributed by atoms with E-state index in [9.17, 15) is 14.6 Å². The van der Waals surface area contributed by atoms with E-state index in [-0.39, 0.29) is 24.4 Å². The highest BCUT2D eigenvalue weighted by atomic mass is 19.1. The molecule has 3 N–H and O–H groups in total. The van der Waals surface area contributed by atoms with Crippen LogP contribution in [-0.4, -0.2) is 16.8 Å². The minimum atomic E-state index is -0.397. The molecule has 2 aromatic carbocycles. The number of benzene rings is 2. The molecule has 0 aliphatic carbocycles. The Hall–Kier alpha value is -1.91. The van der Waals surface area contributed by atoms with Crippen molar-refractivity contribution >= 4 is 0 Å². The van der Waals surface area contributed by atoms with Gasteiger partial charge in [-0.25, -0.2) is 4.39 Å². The third-order valence-corrected chi connectivity index (χ3v) is 3.29. The smallest absolute Gasteiger partial charge is 0.123 e. The van der Waals surface area contributed by atoms with Crippen LogP contribution < -0.4 is 5.32 Å². The highest BCUT2D eigenvalue weighted by molar-refractivity contribution is 5.35. The summed E-state index contributed by atoms with van der Waals surface area (Å²) in [6.45, 7) is 1.74. The molecule has 0 aliphatic heterocycles. The van der Waals surface area contributed by atoms with Crippen LogP contribution in [0.1, 0.15) is 30.1 Å². The molecule has 20 heavy (non-hydrogen) atoms. The quantitative estimate of drug-likeness (QED) is 0.786. The van der Waals surface area contributed by atoms with Crippen LogP contribution in [0.2, 0.25) is 0 Å². The lowest BCUT2D eigenvalue weighted by Crippen LogP contribution is -2.27. The number of rotatable bonds is 5.